The quantitative estimate of drug-likeness (QED) is 0.628. The molecule has 1 atom stereocenters. The van der Waals surface area contributed by atoms with Gasteiger partial charge in [-0.25, -0.2) is 17.1 Å². The minimum absolute atomic E-state index is 0.00785. The Morgan fingerprint density at radius 3 is 2.40 bits per heavy atom. The normalized spacial score (nSPS) is 18.1. The van der Waals surface area contributed by atoms with Crippen LogP contribution in [-0.2, 0) is 26.2 Å². The molecule has 1 aliphatic heterocycles. The van der Waals surface area contributed by atoms with Gasteiger partial charge in [0.2, 0.25) is 11.8 Å². The first kappa shape index (κ1) is 24.8. The van der Waals surface area contributed by atoms with Gasteiger partial charge in [0.1, 0.15) is 23.3 Å². The van der Waals surface area contributed by atoms with E-state index in [1.54, 1.807) is 13.0 Å². The average molecular weight is 502 g/mol. The van der Waals surface area contributed by atoms with E-state index in [-0.39, 0.29) is 29.0 Å². The van der Waals surface area contributed by atoms with Gasteiger partial charge in [0, 0.05) is 12.6 Å². The molecule has 1 unspecified atom stereocenters. The van der Waals surface area contributed by atoms with E-state index in [1.807, 2.05) is 0 Å². The molecule has 35 heavy (non-hydrogen) atoms. The predicted octanol–water partition coefficient (Wildman–Crippen LogP) is 2.84. The fourth-order valence-corrected chi connectivity index (χ4v) is 6.06. The van der Waals surface area contributed by atoms with Crippen LogP contribution >= 0.6 is 0 Å². The maximum absolute atomic E-state index is 13.4. The van der Waals surface area contributed by atoms with Gasteiger partial charge < -0.3 is 10.2 Å². The first-order chi connectivity index (χ1) is 16.7. The number of fused-ring (bicyclic) bond motifs is 1. The second-order valence-corrected chi connectivity index (χ2v) is 10.8. The number of hydrogen-bond donors (Lipinski definition) is 1. The van der Waals surface area contributed by atoms with Crippen molar-refractivity contribution < 1.29 is 27.2 Å². The molecule has 186 valence electrons. The number of nitrogens with zero attached hydrogens (tertiary/aromatic N) is 2. The minimum atomic E-state index is -4.19. The topological polar surface area (TPSA) is 104 Å². The predicted molar refractivity (Wildman–Crippen MR) is 126 cm³/mol. The van der Waals surface area contributed by atoms with Crippen molar-refractivity contribution in [1.29, 1.82) is 0 Å². The van der Waals surface area contributed by atoms with E-state index < -0.39 is 40.2 Å². The molecule has 0 saturated heterocycles. The second kappa shape index (κ2) is 10.2. The molecule has 2 aromatic carbocycles. The average Bonchev–Trinajstić information content (AvgIpc) is 3.04. The van der Waals surface area contributed by atoms with Crippen molar-refractivity contribution in [3.8, 4) is 0 Å². The van der Waals surface area contributed by atoms with E-state index >= 15 is 0 Å². The number of carbonyl (C=O) groups is 3. The largest absolute Gasteiger partial charge is 0.352 e. The van der Waals surface area contributed by atoms with Crippen LogP contribution in [0.2, 0.25) is 0 Å². The van der Waals surface area contributed by atoms with Gasteiger partial charge in [-0.1, -0.05) is 43.5 Å². The maximum atomic E-state index is 13.4. The smallest absolute Gasteiger partial charge is 0.269 e. The minimum Gasteiger partial charge on any atom is -0.352 e. The summed E-state index contributed by atoms with van der Waals surface area (Å²) in [7, 11) is -4.19. The van der Waals surface area contributed by atoms with E-state index in [4.69, 9.17) is 0 Å². The van der Waals surface area contributed by atoms with Crippen molar-refractivity contribution in [2.45, 2.75) is 62.6 Å². The highest BCUT2D eigenvalue weighted by atomic mass is 32.2. The van der Waals surface area contributed by atoms with Gasteiger partial charge in [0.15, 0.2) is 0 Å². The lowest BCUT2D eigenvalue weighted by molar-refractivity contribution is -0.140. The van der Waals surface area contributed by atoms with Crippen LogP contribution in [0.3, 0.4) is 0 Å². The molecule has 1 N–H and O–H groups in total. The third kappa shape index (κ3) is 5.22. The Morgan fingerprint density at radius 2 is 1.74 bits per heavy atom. The number of rotatable bonds is 7. The standard InChI is InChI=1S/C25H28FN3O5S/c1-17(24(31)27-20-7-3-2-4-8-20)28(15-18-11-13-19(26)14-12-18)23(30)16-29-25(32)21-9-5-6-10-22(21)35(29,33)34/h5-6,9-14,17,20H,2-4,7-8,15-16H2,1H3,(H,27,31). The fraction of sp³-hybridized carbons (Fsp3) is 0.400. The third-order valence-electron chi connectivity index (χ3n) is 6.58. The molecule has 1 saturated carbocycles. The molecule has 4 rings (SSSR count). The summed E-state index contributed by atoms with van der Waals surface area (Å²) >= 11 is 0. The zero-order valence-corrected chi connectivity index (χ0v) is 20.3. The SMILES string of the molecule is CC(C(=O)NC1CCCCC1)N(Cc1ccc(F)cc1)C(=O)CN1C(=O)c2ccccc2S1(=O)=O. The van der Waals surface area contributed by atoms with Gasteiger partial charge in [0.25, 0.3) is 15.9 Å². The molecule has 0 aromatic heterocycles. The van der Waals surface area contributed by atoms with Crippen LogP contribution in [0.4, 0.5) is 4.39 Å². The molecular formula is C25H28FN3O5S. The number of amides is 3. The summed E-state index contributed by atoms with van der Waals surface area (Å²) in [5, 5.41) is 2.99. The Hall–Kier alpha value is -3.27. The molecule has 3 amide bonds. The molecule has 1 fully saturated rings. The lowest BCUT2D eigenvalue weighted by Gasteiger charge is -2.32. The van der Waals surface area contributed by atoms with Crippen LogP contribution in [0.1, 0.15) is 54.9 Å². The Balaban J connectivity index is 1.56. The summed E-state index contributed by atoms with van der Waals surface area (Å²) in [4.78, 5) is 40.3. The molecule has 2 aliphatic rings. The molecule has 1 aliphatic carbocycles. The number of hydrogen-bond acceptors (Lipinski definition) is 5. The lowest BCUT2D eigenvalue weighted by Crippen LogP contribution is -2.52. The highest BCUT2D eigenvalue weighted by molar-refractivity contribution is 7.90. The molecule has 0 radical (unpaired) electrons. The molecule has 8 nitrogen and oxygen atoms in total. The van der Waals surface area contributed by atoms with Crippen LogP contribution in [0.25, 0.3) is 0 Å². The van der Waals surface area contributed by atoms with Crippen LogP contribution in [0.5, 0.6) is 0 Å². The molecule has 10 heteroatoms. The Kier molecular flexibility index (Phi) is 7.20. The Bertz CT molecular complexity index is 1230. The van der Waals surface area contributed by atoms with Gasteiger partial charge >= 0.3 is 0 Å². The zero-order valence-electron chi connectivity index (χ0n) is 19.4. The second-order valence-electron chi connectivity index (χ2n) is 8.98. The Morgan fingerprint density at radius 1 is 1.09 bits per heavy atom. The zero-order chi connectivity index (χ0) is 25.2. The van der Waals surface area contributed by atoms with E-state index in [2.05, 4.69) is 5.32 Å². The van der Waals surface area contributed by atoms with Crippen molar-refractivity contribution in [3.05, 3.63) is 65.5 Å². The molecule has 0 bridgehead atoms. The van der Waals surface area contributed by atoms with Gasteiger partial charge in [-0.2, -0.15) is 0 Å². The van der Waals surface area contributed by atoms with Crippen molar-refractivity contribution >= 4 is 27.7 Å². The third-order valence-corrected chi connectivity index (χ3v) is 8.36. The number of nitrogens with one attached hydrogen (secondary N) is 1. The fourth-order valence-electron chi connectivity index (χ4n) is 4.54. The molecule has 1 heterocycles. The summed E-state index contributed by atoms with van der Waals surface area (Å²) < 4.78 is 39.8. The number of sulfonamides is 1. The summed E-state index contributed by atoms with van der Waals surface area (Å²) in [6.45, 7) is 0.778. The Labute approximate surface area is 204 Å². The van der Waals surface area contributed by atoms with Crippen molar-refractivity contribution in [2.75, 3.05) is 6.54 Å². The summed E-state index contributed by atoms with van der Waals surface area (Å²) in [5.74, 6) is -2.28. The maximum Gasteiger partial charge on any atom is 0.269 e. The molecule has 0 spiro atoms. The van der Waals surface area contributed by atoms with E-state index in [1.165, 1.54) is 47.4 Å². The van der Waals surface area contributed by atoms with Crippen LogP contribution < -0.4 is 5.32 Å². The summed E-state index contributed by atoms with van der Waals surface area (Å²) in [6, 6.07) is 10.4. The van der Waals surface area contributed by atoms with Crippen LogP contribution in [0, 0.1) is 5.82 Å². The monoisotopic (exact) mass is 501 g/mol. The summed E-state index contributed by atoms with van der Waals surface area (Å²) in [6.07, 6.45) is 4.89. The van der Waals surface area contributed by atoms with Gasteiger partial charge in [-0.3, -0.25) is 14.4 Å². The lowest BCUT2D eigenvalue weighted by atomic mass is 9.95. The van der Waals surface area contributed by atoms with Gasteiger partial charge in [0.05, 0.1) is 5.56 Å². The van der Waals surface area contributed by atoms with E-state index in [0.29, 0.717) is 9.87 Å². The highest BCUT2D eigenvalue weighted by Crippen LogP contribution is 2.30. The first-order valence-corrected chi connectivity index (χ1v) is 13.1. The molecular weight excluding hydrogens is 473 g/mol. The number of halogens is 1. The van der Waals surface area contributed by atoms with Crippen molar-refractivity contribution in [1.82, 2.24) is 14.5 Å². The van der Waals surface area contributed by atoms with Crippen LogP contribution in [-0.4, -0.2) is 54.0 Å². The first-order valence-electron chi connectivity index (χ1n) is 11.7. The molecule has 2 aromatic rings. The number of benzene rings is 2. The van der Waals surface area contributed by atoms with Gasteiger partial charge in [-0.15, -0.1) is 0 Å². The summed E-state index contributed by atoms with van der Waals surface area (Å²) in [5.41, 5.74) is 0.574. The van der Waals surface area contributed by atoms with Crippen molar-refractivity contribution in [2.24, 2.45) is 0 Å². The van der Waals surface area contributed by atoms with E-state index in [0.717, 1.165) is 32.1 Å². The highest BCUT2D eigenvalue weighted by Gasteiger charge is 2.43. The number of carbonyl (C=O) groups excluding carboxylic acids is 3. The van der Waals surface area contributed by atoms with Crippen molar-refractivity contribution in [3.63, 3.8) is 0 Å². The van der Waals surface area contributed by atoms with Crippen LogP contribution in [0.15, 0.2) is 53.4 Å². The van der Waals surface area contributed by atoms with Gasteiger partial charge in [-0.05, 0) is 49.6 Å². The van der Waals surface area contributed by atoms with E-state index in [9.17, 15) is 27.2 Å².